The molecular formula is C12H15F2NO. The molecule has 0 aliphatic carbocycles. The first-order valence-corrected chi connectivity index (χ1v) is 5.31. The molecule has 1 heterocycles. The summed E-state index contributed by atoms with van der Waals surface area (Å²) in [5, 5.41) is 3.18. The molecular weight excluding hydrogens is 212 g/mol. The predicted molar refractivity (Wildman–Crippen MR) is 57.1 cm³/mol. The second-order valence-corrected chi connectivity index (χ2v) is 4.66. The number of halogens is 2. The summed E-state index contributed by atoms with van der Waals surface area (Å²) in [6, 6.07) is 3.59. The first-order chi connectivity index (χ1) is 7.48. The Kier molecular flexibility index (Phi) is 2.95. The fourth-order valence-corrected chi connectivity index (χ4v) is 1.91. The highest BCUT2D eigenvalue weighted by Crippen LogP contribution is 2.28. The number of hydrogen-bond donors (Lipinski definition) is 1. The van der Waals surface area contributed by atoms with Gasteiger partial charge in [-0.25, -0.2) is 8.78 Å². The van der Waals surface area contributed by atoms with Gasteiger partial charge in [-0.3, -0.25) is 0 Å². The Morgan fingerprint density at radius 1 is 1.38 bits per heavy atom. The molecule has 1 N–H and O–H groups in total. The second-order valence-electron chi connectivity index (χ2n) is 4.66. The summed E-state index contributed by atoms with van der Waals surface area (Å²) in [6.07, 6.45) is -0.357. The van der Waals surface area contributed by atoms with Crippen molar-refractivity contribution in [3.8, 4) is 0 Å². The van der Waals surface area contributed by atoms with Crippen molar-refractivity contribution in [2.75, 3.05) is 13.1 Å². The van der Waals surface area contributed by atoms with Gasteiger partial charge in [-0.1, -0.05) is 6.07 Å². The highest BCUT2D eigenvalue weighted by atomic mass is 19.1. The van der Waals surface area contributed by atoms with Crippen molar-refractivity contribution in [3.05, 3.63) is 35.4 Å². The molecule has 1 atom stereocenters. The van der Waals surface area contributed by atoms with E-state index in [1.54, 1.807) is 0 Å². The average Bonchev–Trinajstić information content (AvgIpc) is 2.15. The van der Waals surface area contributed by atoms with Crippen LogP contribution in [0.25, 0.3) is 0 Å². The number of hydrogen-bond acceptors (Lipinski definition) is 2. The Morgan fingerprint density at radius 3 is 2.75 bits per heavy atom. The maximum Gasteiger partial charge on any atom is 0.131 e. The van der Waals surface area contributed by atoms with Gasteiger partial charge in [0.15, 0.2) is 0 Å². The largest absolute Gasteiger partial charge is 0.365 e. The predicted octanol–water partition coefficient (Wildman–Crippen LogP) is 2.40. The van der Waals surface area contributed by atoms with E-state index in [1.165, 1.54) is 12.1 Å². The highest BCUT2D eigenvalue weighted by molar-refractivity contribution is 5.22. The summed E-state index contributed by atoms with van der Waals surface area (Å²) >= 11 is 0. The third-order valence-electron chi connectivity index (χ3n) is 2.65. The van der Waals surface area contributed by atoms with E-state index in [9.17, 15) is 8.78 Å². The normalized spacial score (nSPS) is 24.4. The fourth-order valence-electron chi connectivity index (χ4n) is 1.91. The van der Waals surface area contributed by atoms with Crippen LogP contribution in [0, 0.1) is 11.6 Å². The van der Waals surface area contributed by atoms with E-state index in [-0.39, 0.29) is 11.7 Å². The van der Waals surface area contributed by atoms with Crippen LogP contribution in [0.2, 0.25) is 0 Å². The minimum atomic E-state index is -0.565. The number of morpholine rings is 1. The molecule has 1 unspecified atom stereocenters. The lowest BCUT2D eigenvalue weighted by Gasteiger charge is -2.36. The van der Waals surface area contributed by atoms with E-state index in [4.69, 9.17) is 4.74 Å². The van der Waals surface area contributed by atoms with Crippen molar-refractivity contribution in [2.45, 2.75) is 25.6 Å². The minimum Gasteiger partial charge on any atom is -0.365 e. The molecule has 2 nitrogen and oxygen atoms in total. The van der Waals surface area contributed by atoms with Gasteiger partial charge in [0.1, 0.15) is 11.6 Å². The third kappa shape index (κ3) is 2.39. The molecule has 1 saturated heterocycles. The van der Waals surface area contributed by atoms with Crippen molar-refractivity contribution in [1.29, 1.82) is 0 Å². The SMILES string of the molecule is CC1(C)CNCC(c2ccc(F)cc2F)O1. The summed E-state index contributed by atoms with van der Waals surface area (Å²) in [5.41, 5.74) is 0.0747. The summed E-state index contributed by atoms with van der Waals surface area (Å²) < 4.78 is 32.1. The smallest absolute Gasteiger partial charge is 0.131 e. The van der Waals surface area contributed by atoms with Crippen LogP contribution < -0.4 is 5.32 Å². The molecule has 1 aromatic carbocycles. The standard InChI is InChI=1S/C12H15F2NO/c1-12(2)7-15-6-11(16-12)9-4-3-8(13)5-10(9)14/h3-5,11,15H,6-7H2,1-2H3. The van der Waals surface area contributed by atoms with E-state index < -0.39 is 11.6 Å². The van der Waals surface area contributed by atoms with Gasteiger partial charge in [0.25, 0.3) is 0 Å². The van der Waals surface area contributed by atoms with Gasteiger partial charge in [-0.15, -0.1) is 0 Å². The zero-order valence-corrected chi connectivity index (χ0v) is 9.39. The maximum absolute atomic E-state index is 13.5. The summed E-state index contributed by atoms with van der Waals surface area (Å²) in [5.74, 6) is -1.12. The van der Waals surface area contributed by atoms with Crippen LogP contribution >= 0.6 is 0 Å². The molecule has 88 valence electrons. The van der Waals surface area contributed by atoms with Gasteiger partial charge in [-0.05, 0) is 19.9 Å². The van der Waals surface area contributed by atoms with Gasteiger partial charge >= 0.3 is 0 Å². The molecule has 2 rings (SSSR count). The molecule has 0 amide bonds. The van der Waals surface area contributed by atoms with E-state index in [1.807, 2.05) is 13.8 Å². The van der Waals surface area contributed by atoms with Gasteiger partial charge < -0.3 is 10.1 Å². The monoisotopic (exact) mass is 227 g/mol. The van der Waals surface area contributed by atoms with Crippen LogP contribution in [-0.4, -0.2) is 18.7 Å². The molecule has 1 aliphatic rings. The topological polar surface area (TPSA) is 21.3 Å². The van der Waals surface area contributed by atoms with Gasteiger partial charge in [0.05, 0.1) is 11.7 Å². The van der Waals surface area contributed by atoms with E-state index in [2.05, 4.69) is 5.32 Å². The second kappa shape index (κ2) is 4.11. The van der Waals surface area contributed by atoms with Crippen LogP contribution in [0.4, 0.5) is 8.78 Å². The first kappa shape index (κ1) is 11.5. The van der Waals surface area contributed by atoms with Gasteiger partial charge in [0, 0.05) is 24.7 Å². The lowest BCUT2D eigenvalue weighted by atomic mass is 10.0. The van der Waals surface area contributed by atoms with Crippen molar-refractivity contribution in [3.63, 3.8) is 0 Å². The number of rotatable bonds is 1. The van der Waals surface area contributed by atoms with E-state index in [0.717, 1.165) is 12.6 Å². The molecule has 0 bridgehead atoms. The van der Waals surface area contributed by atoms with Crippen molar-refractivity contribution in [2.24, 2.45) is 0 Å². The van der Waals surface area contributed by atoms with Gasteiger partial charge in [0.2, 0.25) is 0 Å². The summed E-state index contributed by atoms with van der Waals surface area (Å²) in [4.78, 5) is 0. The van der Waals surface area contributed by atoms with E-state index in [0.29, 0.717) is 12.1 Å². The Hall–Kier alpha value is -1.00. The fraction of sp³-hybridized carbons (Fsp3) is 0.500. The van der Waals surface area contributed by atoms with E-state index >= 15 is 0 Å². The van der Waals surface area contributed by atoms with Crippen molar-refractivity contribution in [1.82, 2.24) is 5.32 Å². The summed E-state index contributed by atoms with van der Waals surface area (Å²) in [7, 11) is 0. The molecule has 0 aromatic heterocycles. The number of ether oxygens (including phenoxy) is 1. The molecule has 1 aliphatic heterocycles. The Morgan fingerprint density at radius 2 is 2.12 bits per heavy atom. The number of benzene rings is 1. The third-order valence-corrected chi connectivity index (χ3v) is 2.65. The lowest BCUT2D eigenvalue weighted by molar-refractivity contribution is -0.0970. The molecule has 0 spiro atoms. The molecule has 0 radical (unpaired) electrons. The van der Waals surface area contributed by atoms with Crippen LogP contribution in [0.1, 0.15) is 25.5 Å². The van der Waals surface area contributed by atoms with Crippen LogP contribution in [-0.2, 0) is 4.74 Å². The molecule has 16 heavy (non-hydrogen) atoms. The lowest BCUT2D eigenvalue weighted by Crippen LogP contribution is -2.47. The molecule has 1 aromatic rings. The Bertz CT molecular complexity index is 393. The van der Waals surface area contributed by atoms with Crippen LogP contribution in [0.3, 0.4) is 0 Å². The number of nitrogens with one attached hydrogen (secondary N) is 1. The highest BCUT2D eigenvalue weighted by Gasteiger charge is 2.30. The van der Waals surface area contributed by atoms with Crippen LogP contribution in [0.15, 0.2) is 18.2 Å². The van der Waals surface area contributed by atoms with Gasteiger partial charge in [-0.2, -0.15) is 0 Å². The first-order valence-electron chi connectivity index (χ1n) is 5.31. The molecule has 1 fully saturated rings. The zero-order valence-electron chi connectivity index (χ0n) is 9.39. The molecule has 4 heteroatoms. The minimum absolute atomic E-state index is 0.330. The maximum atomic E-state index is 13.5. The average molecular weight is 227 g/mol. The quantitative estimate of drug-likeness (QED) is 0.795. The molecule has 0 saturated carbocycles. The van der Waals surface area contributed by atoms with Crippen molar-refractivity contribution < 1.29 is 13.5 Å². The van der Waals surface area contributed by atoms with Crippen LogP contribution in [0.5, 0.6) is 0 Å². The Labute approximate surface area is 93.6 Å². The zero-order chi connectivity index (χ0) is 11.8. The Balaban J connectivity index is 2.23. The van der Waals surface area contributed by atoms with Crippen molar-refractivity contribution >= 4 is 0 Å². The summed E-state index contributed by atoms with van der Waals surface area (Å²) in [6.45, 7) is 5.15.